The van der Waals surface area contributed by atoms with E-state index in [0.29, 0.717) is 6.42 Å². The Hall–Kier alpha value is -1.82. The fraction of sp³-hybridized carbons (Fsp3) is 0.885. The van der Waals surface area contributed by atoms with Gasteiger partial charge in [-0.15, -0.1) is 0 Å². The lowest BCUT2D eigenvalue weighted by Gasteiger charge is -2.39. The van der Waals surface area contributed by atoms with Gasteiger partial charge in [0.1, 0.15) is 31.0 Å². The highest BCUT2D eigenvalue weighted by atomic mass is 16.7. The summed E-state index contributed by atoms with van der Waals surface area (Å²) >= 11 is 0. The van der Waals surface area contributed by atoms with Crippen molar-refractivity contribution >= 4 is 11.9 Å². The number of aliphatic hydroxyl groups excluding tert-OH is 4. The van der Waals surface area contributed by atoms with Gasteiger partial charge in [-0.3, -0.25) is 9.59 Å². The molecular formula is C52H96O10. The highest BCUT2D eigenvalue weighted by molar-refractivity contribution is 5.70. The molecule has 6 atom stereocenters. The fourth-order valence-corrected chi connectivity index (χ4v) is 7.97. The number of ether oxygens (including phenoxy) is 4. The molecule has 1 rings (SSSR count). The van der Waals surface area contributed by atoms with Gasteiger partial charge in [0, 0.05) is 12.8 Å². The van der Waals surface area contributed by atoms with Crippen LogP contribution in [0.4, 0.5) is 0 Å². The smallest absolute Gasteiger partial charge is 0.306 e. The Labute approximate surface area is 379 Å². The van der Waals surface area contributed by atoms with Crippen molar-refractivity contribution in [1.82, 2.24) is 0 Å². The second-order valence-electron chi connectivity index (χ2n) is 18.0. The molecule has 1 aliphatic heterocycles. The molecule has 4 N–H and O–H groups in total. The summed E-state index contributed by atoms with van der Waals surface area (Å²) in [4.78, 5) is 25.4. The standard InChI is InChI=1S/C52H96O10/c1-3-5-7-9-11-13-15-17-19-20-21-22-23-24-25-26-27-29-30-32-34-36-38-40-47(54)59-43-45(44-60-52-51(58)50(57)49(56)46(42-53)62-52)61-48(55)41-39-37-35-33-31-28-18-16-14-12-10-8-6-4-2/h10,12,16,18,45-46,49-53,56-58H,3-9,11,13-15,17,19-44H2,1-2H3/b12-10-,18-16-. The summed E-state index contributed by atoms with van der Waals surface area (Å²) in [6, 6.07) is 0. The van der Waals surface area contributed by atoms with Crippen LogP contribution in [-0.4, -0.2) is 89.0 Å². The normalized spacial score (nSPS) is 19.7. The van der Waals surface area contributed by atoms with Crippen molar-refractivity contribution in [3.05, 3.63) is 24.3 Å². The van der Waals surface area contributed by atoms with E-state index in [1.165, 1.54) is 141 Å². The number of esters is 2. The molecule has 0 amide bonds. The van der Waals surface area contributed by atoms with E-state index in [9.17, 15) is 30.0 Å². The Kier molecular flexibility index (Phi) is 40.4. The minimum atomic E-state index is -1.60. The van der Waals surface area contributed by atoms with Gasteiger partial charge in [0.15, 0.2) is 12.4 Å². The molecule has 10 nitrogen and oxygen atoms in total. The van der Waals surface area contributed by atoms with Gasteiger partial charge in [0.25, 0.3) is 0 Å². The van der Waals surface area contributed by atoms with Crippen molar-refractivity contribution in [2.45, 2.75) is 275 Å². The molecule has 6 unspecified atom stereocenters. The SMILES string of the molecule is CCCC/C=C\C/C=C\CCCCCCCC(=O)OC(COC(=O)CCCCCCCCCCCCCCCCCCCCCCCCC)COC1OC(CO)C(O)C(O)C1O. The summed E-state index contributed by atoms with van der Waals surface area (Å²) in [5.74, 6) is -0.811. The molecule has 0 aliphatic carbocycles. The Bertz CT molecular complexity index is 1060. The summed E-state index contributed by atoms with van der Waals surface area (Å²) in [7, 11) is 0. The van der Waals surface area contributed by atoms with Crippen LogP contribution in [0.15, 0.2) is 24.3 Å². The van der Waals surface area contributed by atoms with E-state index in [1.807, 2.05) is 0 Å². The van der Waals surface area contributed by atoms with Crippen LogP contribution in [0.5, 0.6) is 0 Å². The predicted molar refractivity (Wildman–Crippen MR) is 252 cm³/mol. The Morgan fingerprint density at radius 3 is 1.39 bits per heavy atom. The lowest BCUT2D eigenvalue weighted by atomic mass is 9.99. The molecule has 0 aromatic heterocycles. The number of unbranched alkanes of at least 4 members (excludes halogenated alkanes) is 29. The third-order valence-electron chi connectivity index (χ3n) is 12.1. The minimum Gasteiger partial charge on any atom is -0.462 e. The van der Waals surface area contributed by atoms with Crippen LogP contribution in [0, 0.1) is 0 Å². The molecule has 1 aliphatic rings. The molecule has 1 heterocycles. The number of hydrogen-bond acceptors (Lipinski definition) is 10. The maximum Gasteiger partial charge on any atom is 0.306 e. The molecule has 0 aromatic rings. The highest BCUT2D eigenvalue weighted by Gasteiger charge is 2.44. The molecule has 0 spiro atoms. The molecule has 1 fully saturated rings. The quantitative estimate of drug-likeness (QED) is 0.0264. The van der Waals surface area contributed by atoms with Crippen LogP contribution in [-0.2, 0) is 28.5 Å². The van der Waals surface area contributed by atoms with Gasteiger partial charge in [-0.1, -0.05) is 212 Å². The first kappa shape index (κ1) is 58.2. The average molecular weight is 881 g/mol. The van der Waals surface area contributed by atoms with E-state index in [1.54, 1.807) is 0 Å². The van der Waals surface area contributed by atoms with Crippen molar-refractivity contribution in [1.29, 1.82) is 0 Å². The predicted octanol–water partition coefficient (Wildman–Crippen LogP) is 12.1. The first-order chi connectivity index (χ1) is 30.3. The summed E-state index contributed by atoms with van der Waals surface area (Å²) < 4.78 is 22.2. The lowest BCUT2D eigenvalue weighted by Crippen LogP contribution is -2.59. The summed E-state index contributed by atoms with van der Waals surface area (Å²) in [6.45, 7) is 3.40. The third-order valence-corrected chi connectivity index (χ3v) is 12.1. The molecule has 0 bridgehead atoms. The van der Waals surface area contributed by atoms with E-state index in [-0.39, 0.29) is 32.0 Å². The number of carbonyl (C=O) groups is 2. The zero-order valence-electron chi connectivity index (χ0n) is 39.9. The highest BCUT2D eigenvalue weighted by Crippen LogP contribution is 2.23. The first-order valence-electron chi connectivity index (χ1n) is 25.9. The van der Waals surface area contributed by atoms with Gasteiger partial charge in [0.2, 0.25) is 0 Å². The molecule has 62 heavy (non-hydrogen) atoms. The maximum absolute atomic E-state index is 12.8. The van der Waals surface area contributed by atoms with Gasteiger partial charge in [-0.05, 0) is 38.5 Å². The van der Waals surface area contributed by atoms with E-state index in [4.69, 9.17) is 18.9 Å². The zero-order valence-corrected chi connectivity index (χ0v) is 39.9. The van der Waals surface area contributed by atoms with Crippen LogP contribution >= 0.6 is 0 Å². The molecule has 10 heteroatoms. The van der Waals surface area contributed by atoms with Gasteiger partial charge in [-0.25, -0.2) is 0 Å². The number of aliphatic hydroxyl groups is 4. The summed E-state index contributed by atoms with van der Waals surface area (Å²) in [5, 5.41) is 40.2. The molecule has 0 radical (unpaired) electrons. The van der Waals surface area contributed by atoms with Crippen molar-refractivity contribution in [2.24, 2.45) is 0 Å². The van der Waals surface area contributed by atoms with Crippen molar-refractivity contribution in [2.75, 3.05) is 19.8 Å². The Morgan fingerprint density at radius 1 is 0.500 bits per heavy atom. The van der Waals surface area contributed by atoms with E-state index < -0.39 is 49.4 Å². The number of carbonyl (C=O) groups excluding carboxylic acids is 2. The largest absolute Gasteiger partial charge is 0.462 e. The van der Waals surface area contributed by atoms with Gasteiger partial charge >= 0.3 is 11.9 Å². The number of rotatable bonds is 44. The second-order valence-corrected chi connectivity index (χ2v) is 18.0. The molecule has 364 valence electrons. The van der Waals surface area contributed by atoms with Crippen molar-refractivity contribution < 1.29 is 49.0 Å². The van der Waals surface area contributed by atoms with Gasteiger partial charge in [0.05, 0.1) is 13.2 Å². The number of hydrogen-bond donors (Lipinski definition) is 4. The van der Waals surface area contributed by atoms with Gasteiger partial charge < -0.3 is 39.4 Å². The first-order valence-corrected chi connectivity index (χ1v) is 25.9. The van der Waals surface area contributed by atoms with Gasteiger partial charge in [-0.2, -0.15) is 0 Å². The maximum atomic E-state index is 12.8. The average Bonchev–Trinajstić information content (AvgIpc) is 3.27. The van der Waals surface area contributed by atoms with E-state index >= 15 is 0 Å². The minimum absolute atomic E-state index is 0.217. The lowest BCUT2D eigenvalue weighted by molar-refractivity contribution is -0.305. The van der Waals surface area contributed by atoms with E-state index in [0.717, 1.165) is 64.2 Å². The van der Waals surface area contributed by atoms with Crippen LogP contribution < -0.4 is 0 Å². The monoisotopic (exact) mass is 881 g/mol. The Balaban J connectivity index is 2.21. The third kappa shape index (κ3) is 33.7. The molecule has 1 saturated heterocycles. The van der Waals surface area contributed by atoms with Crippen LogP contribution in [0.3, 0.4) is 0 Å². The van der Waals surface area contributed by atoms with Crippen molar-refractivity contribution in [3.8, 4) is 0 Å². The van der Waals surface area contributed by atoms with Crippen LogP contribution in [0.25, 0.3) is 0 Å². The van der Waals surface area contributed by atoms with Crippen molar-refractivity contribution in [3.63, 3.8) is 0 Å². The summed E-state index contributed by atoms with van der Waals surface area (Å²) in [5.41, 5.74) is 0. The summed E-state index contributed by atoms with van der Waals surface area (Å²) in [6.07, 6.45) is 41.9. The van der Waals surface area contributed by atoms with Crippen LogP contribution in [0.2, 0.25) is 0 Å². The second kappa shape index (κ2) is 43.1. The van der Waals surface area contributed by atoms with Crippen LogP contribution in [0.1, 0.15) is 239 Å². The van der Waals surface area contributed by atoms with E-state index in [2.05, 4.69) is 38.2 Å². The molecular weight excluding hydrogens is 785 g/mol. The molecule has 0 aromatic carbocycles. The topological polar surface area (TPSA) is 152 Å². The Morgan fingerprint density at radius 2 is 0.919 bits per heavy atom. The molecule has 0 saturated carbocycles. The number of allylic oxidation sites excluding steroid dienone is 4. The fourth-order valence-electron chi connectivity index (χ4n) is 7.97. The zero-order chi connectivity index (χ0) is 45.1.